The lowest BCUT2D eigenvalue weighted by molar-refractivity contribution is 0.0600. The van der Waals surface area contributed by atoms with E-state index in [0.29, 0.717) is 10.9 Å². The maximum absolute atomic E-state index is 11.3. The van der Waals surface area contributed by atoms with E-state index in [0.717, 1.165) is 0 Å². The third-order valence-corrected chi connectivity index (χ3v) is 3.54. The summed E-state index contributed by atoms with van der Waals surface area (Å²) in [5, 5.41) is 5.38. The molecule has 0 aliphatic rings. The third kappa shape index (κ3) is 2.81. The van der Waals surface area contributed by atoms with Crippen LogP contribution < -0.4 is 5.14 Å². The number of ether oxygens (including phenoxy) is 1. The molecule has 0 fully saturated rings. The summed E-state index contributed by atoms with van der Waals surface area (Å²) in [4.78, 5) is 11.1. The lowest BCUT2D eigenvalue weighted by atomic mass is 10.1. The lowest BCUT2D eigenvalue weighted by Gasteiger charge is -2.06. The van der Waals surface area contributed by atoms with Gasteiger partial charge in [-0.05, 0) is 17.7 Å². The highest BCUT2D eigenvalue weighted by molar-refractivity contribution is 9.08. The summed E-state index contributed by atoms with van der Waals surface area (Å²) in [6, 6.07) is 4.20. The number of alkyl halides is 1. The van der Waals surface area contributed by atoms with E-state index in [1.807, 2.05) is 0 Å². The number of sulfonamides is 1. The quantitative estimate of drug-likeness (QED) is 0.667. The minimum absolute atomic E-state index is 0.0766. The number of esters is 1. The predicted octanol–water partition coefficient (Wildman–Crippen LogP) is 1.02. The van der Waals surface area contributed by atoms with Crippen LogP contribution in [-0.4, -0.2) is 21.5 Å². The van der Waals surface area contributed by atoms with E-state index in [2.05, 4.69) is 20.7 Å². The van der Waals surface area contributed by atoms with Gasteiger partial charge in [0.05, 0.1) is 17.6 Å². The molecule has 0 saturated carbocycles. The normalized spacial score (nSPS) is 11.2. The van der Waals surface area contributed by atoms with Crippen LogP contribution in [0.1, 0.15) is 15.9 Å². The molecule has 0 spiro atoms. The average molecular weight is 308 g/mol. The van der Waals surface area contributed by atoms with Crippen molar-refractivity contribution in [3.8, 4) is 0 Å². The largest absolute Gasteiger partial charge is 0.465 e. The van der Waals surface area contributed by atoms with Crippen LogP contribution in [0.25, 0.3) is 0 Å². The SMILES string of the molecule is COC(=O)c1ccc(CBr)c(S(N)(=O)=O)c1. The molecule has 1 rings (SSSR count). The van der Waals surface area contributed by atoms with Gasteiger partial charge in [-0.2, -0.15) is 0 Å². The van der Waals surface area contributed by atoms with Crippen molar-refractivity contribution in [2.24, 2.45) is 5.14 Å². The zero-order valence-corrected chi connectivity index (χ0v) is 10.8. The van der Waals surface area contributed by atoms with Gasteiger partial charge in [-0.1, -0.05) is 22.0 Å². The van der Waals surface area contributed by atoms with E-state index in [4.69, 9.17) is 5.14 Å². The summed E-state index contributed by atoms with van der Waals surface area (Å²) in [5.41, 5.74) is 0.645. The molecular formula is C9H10BrNO4S. The van der Waals surface area contributed by atoms with Crippen LogP contribution >= 0.6 is 15.9 Å². The van der Waals surface area contributed by atoms with Crippen molar-refractivity contribution < 1.29 is 17.9 Å². The number of halogens is 1. The Kier molecular flexibility index (Phi) is 4.06. The molecule has 0 amide bonds. The van der Waals surface area contributed by atoms with Crippen molar-refractivity contribution in [1.82, 2.24) is 0 Å². The van der Waals surface area contributed by atoms with Crippen molar-refractivity contribution in [2.45, 2.75) is 10.2 Å². The maximum atomic E-state index is 11.3. The van der Waals surface area contributed by atoms with E-state index in [1.165, 1.54) is 25.3 Å². The molecule has 1 aromatic carbocycles. The molecule has 0 saturated heterocycles. The summed E-state index contributed by atoms with van der Waals surface area (Å²) in [5.74, 6) is -0.606. The van der Waals surface area contributed by atoms with Gasteiger partial charge >= 0.3 is 5.97 Å². The summed E-state index contributed by atoms with van der Waals surface area (Å²) in [6.45, 7) is 0. The Hall–Kier alpha value is -0.920. The van der Waals surface area contributed by atoms with Crippen LogP contribution in [-0.2, 0) is 20.1 Å². The molecule has 0 aliphatic heterocycles. The van der Waals surface area contributed by atoms with E-state index >= 15 is 0 Å². The summed E-state index contributed by atoms with van der Waals surface area (Å²) >= 11 is 3.14. The zero-order chi connectivity index (χ0) is 12.3. The number of nitrogens with two attached hydrogens (primary N) is 1. The van der Waals surface area contributed by atoms with E-state index < -0.39 is 16.0 Å². The minimum atomic E-state index is -3.85. The Labute approximate surface area is 102 Å². The summed E-state index contributed by atoms with van der Waals surface area (Å²) in [6.07, 6.45) is 0. The fraction of sp³-hybridized carbons (Fsp3) is 0.222. The molecule has 0 bridgehead atoms. The molecular weight excluding hydrogens is 298 g/mol. The van der Waals surface area contributed by atoms with E-state index in [-0.39, 0.29) is 10.5 Å². The Morgan fingerprint density at radius 3 is 2.56 bits per heavy atom. The first kappa shape index (κ1) is 13.1. The molecule has 0 aliphatic carbocycles. The lowest BCUT2D eigenvalue weighted by Crippen LogP contribution is -2.15. The zero-order valence-electron chi connectivity index (χ0n) is 8.44. The second kappa shape index (κ2) is 4.94. The minimum Gasteiger partial charge on any atom is -0.465 e. The highest BCUT2D eigenvalue weighted by atomic mass is 79.9. The van der Waals surface area contributed by atoms with Crippen LogP contribution in [0.2, 0.25) is 0 Å². The average Bonchev–Trinajstić information content (AvgIpc) is 2.26. The Bertz CT molecular complexity index is 512. The number of carbonyl (C=O) groups excluding carboxylic acids is 1. The third-order valence-electron chi connectivity index (χ3n) is 1.94. The summed E-state index contributed by atoms with van der Waals surface area (Å²) < 4.78 is 27.1. The van der Waals surface area contributed by atoms with Gasteiger partial charge in [0.25, 0.3) is 0 Å². The monoisotopic (exact) mass is 307 g/mol. The number of rotatable bonds is 3. The van der Waals surface area contributed by atoms with Crippen molar-refractivity contribution in [2.75, 3.05) is 7.11 Å². The van der Waals surface area contributed by atoms with Crippen LogP contribution in [0.4, 0.5) is 0 Å². The summed E-state index contributed by atoms with van der Waals surface area (Å²) in [7, 11) is -2.63. The predicted molar refractivity (Wildman–Crippen MR) is 61.8 cm³/mol. The van der Waals surface area contributed by atoms with Gasteiger partial charge in [0.2, 0.25) is 10.0 Å². The van der Waals surface area contributed by atoms with Crippen molar-refractivity contribution in [3.63, 3.8) is 0 Å². The van der Waals surface area contributed by atoms with Gasteiger partial charge in [0.15, 0.2) is 0 Å². The Balaban J connectivity index is 3.39. The van der Waals surface area contributed by atoms with Gasteiger partial charge in [-0.3, -0.25) is 0 Å². The van der Waals surface area contributed by atoms with Gasteiger partial charge in [0, 0.05) is 5.33 Å². The Morgan fingerprint density at radius 1 is 1.50 bits per heavy atom. The van der Waals surface area contributed by atoms with E-state index in [9.17, 15) is 13.2 Å². The molecule has 2 N–H and O–H groups in total. The first-order valence-electron chi connectivity index (χ1n) is 4.20. The maximum Gasteiger partial charge on any atom is 0.337 e. The fourth-order valence-corrected chi connectivity index (χ4v) is 2.65. The molecule has 0 aromatic heterocycles. The molecule has 1 aromatic rings. The van der Waals surface area contributed by atoms with Gasteiger partial charge in [-0.25, -0.2) is 18.4 Å². The fourth-order valence-electron chi connectivity index (χ4n) is 1.17. The molecule has 7 heteroatoms. The first-order chi connectivity index (χ1) is 7.40. The molecule has 0 heterocycles. The van der Waals surface area contributed by atoms with Gasteiger partial charge in [-0.15, -0.1) is 0 Å². The second-order valence-corrected chi connectivity index (χ2v) is 5.08. The number of primary sulfonamides is 1. The number of hydrogen-bond donors (Lipinski definition) is 1. The Morgan fingerprint density at radius 2 is 2.12 bits per heavy atom. The van der Waals surface area contributed by atoms with Crippen LogP contribution in [0, 0.1) is 0 Å². The van der Waals surface area contributed by atoms with Crippen molar-refractivity contribution >= 4 is 31.9 Å². The second-order valence-electron chi connectivity index (χ2n) is 2.99. The van der Waals surface area contributed by atoms with Gasteiger partial charge < -0.3 is 4.74 Å². The highest BCUT2D eigenvalue weighted by Crippen LogP contribution is 2.19. The van der Waals surface area contributed by atoms with Crippen molar-refractivity contribution in [3.05, 3.63) is 29.3 Å². The van der Waals surface area contributed by atoms with Crippen LogP contribution in [0.15, 0.2) is 23.1 Å². The smallest absolute Gasteiger partial charge is 0.337 e. The van der Waals surface area contributed by atoms with E-state index in [1.54, 1.807) is 0 Å². The molecule has 0 unspecified atom stereocenters. The standard InChI is InChI=1S/C9H10BrNO4S/c1-15-9(12)6-2-3-7(5-10)8(4-6)16(11,13)14/h2-4H,5H2,1H3,(H2,11,13,14). The molecule has 16 heavy (non-hydrogen) atoms. The molecule has 5 nitrogen and oxygen atoms in total. The molecule has 0 radical (unpaired) electrons. The van der Waals surface area contributed by atoms with Crippen molar-refractivity contribution in [1.29, 1.82) is 0 Å². The highest BCUT2D eigenvalue weighted by Gasteiger charge is 2.16. The van der Waals surface area contributed by atoms with Crippen LogP contribution in [0.5, 0.6) is 0 Å². The van der Waals surface area contributed by atoms with Crippen LogP contribution in [0.3, 0.4) is 0 Å². The first-order valence-corrected chi connectivity index (χ1v) is 6.87. The number of hydrogen-bond acceptors (Lipinski definition) is 4. The number of carbonyl (C=O) groups is 1. The number of benzene rings is 1. The molecule has 0 atom stereocenters. The topological polar surface area (TPSA) is 86.5 Å². The van der Waals surface area contributed by atoms with Gasteiger partial charge in [0.1, 0.15) is 0 Å². The molecule has 88 valence electrons. The number of methoxy groups -OCH3 is 1.